The fraction of sp³-hybridized carbons (Fsp3) is 0.0909. The molecular weight excluding hydrogens is 516 g/mol. The van der Waals surface area contributed by atoms with Gasteiger partial charge in [-0.1, -0.05) is 78.9 Å². The van der Waals surface area contributed by atoms with E-state index in [2.05, 4.69) is 5.32 Å². The Morgan fingerprint density at radius 2 is 1.54 bits per heavy atom. The van der Waals surface area contributed by atoms with Crippen LogP contribution in [0.2, 0.25) is 0 Å². The number of amides is 1. The van der Waals surface area contributed by atoms with Crippen molar-refractivity contribution in [2.75, 3.05) is 11.9 Å². The van der Waals surface area contributed by atoms with E-state index in [0.717, 1.165) is 16.3 Å². The second-order valence-electron chi connectivity index (χ2n) is 9.66. The van der Waals surface area contributed by atoms with Crippen LogP contribution in [0.3, 0.4) is 0 Å². The van der Waals surface area contributed by atoms with Crippen molar-refractivity contribution in [2.45, 2.75) is 6.92 Å². The summed E-state index contributed by atoms with van der Waals surface area (Å²) in [5.41, 5.74) is 3.43. The zero-order valence-electron chi connectivity index (χ0n) is 22.5. The van der Waals surface area contributed by atoms with Crippen molar-refractivity contribution >= 4 is 39.2 Å². The van der Waals surface area contributed by atoms with Gasteiger partial charge in [0, 0.05) is 18.0 Å². The van der Waals surface area contributed by atoms with Crippen LogP contribution in [-0.2, 0) is 16.6 Å². The SMILES string of the molecule is Cc1c(NC(=O)COC(=O)c2cc(-c3cccc4ccccc34)nc3ccccc23)c(=O)n(-c2ccccc2)n1C. The zero-order valence-corrected chi connectivity index (χ0v) is 22.5. The van der Waals surface area contributed by atoms with Gasteiger partial charge in [-0.15, -0.1) is 0 Å². The molecule has 41 heavy (non-hydrogen) atoms. The van der Waals surface area contributed by atoms with Crippen molar-refractivity contribution in [3.8, 4) is 16.9 Å². The fourth-order valence-corrected chi connectivity index (χ4v) is 5.03. The fourth-order valence-electron chi connectivity index (χ4n) is 5.03. The minimum atomic E-state index is -0.660. The number of carbonyl (C=O) groups is 2. The highest BCUT2D eigenvalue weighted by molar-refractivity contribution is 6.07. The number of fused-ring (bicyclic) bond motifs is 2. The second kappa shape index (κ2) is 10.6. The molecule has 0 saturated heterocycles. The minimum absolute atomic E-state index is 0.130. The summed E-state index contributed by atoms with van der Waals surface area (Å²) in [6.45, 7) is 1.18. The first-order valence-electron chi connectivity index (χ1n) is 13.1. The zero-order chi connectivity index (χ0) is 28.5. The maximum atomic E-state index is 13.3. The molecule has 6 rings (SSSR count). The summed E-state index contributed by atoms with van der Waals surface area (Å²) in [7, 11) is 1.74. The lowest BCUT2D eigenvalue weighted by atomic mass is 9.99. The number of ether oxygens (including phenoxy) is 1. The molecular formula is C33H26N4O4. The molecule has 1 amide bonds. The molecule has 0 saturated carbocycles. The van der Waals surface area contributed by atoms with Gasteiger partial charge in [-0.3, -0.25) is 14.3 Å². The third-order valence-corrected chi connectivity index (χ3v) is 7.15. The summed E-state index contributed by atoms with van der Waals surface area (Å²) in [6.07, 6.45) is 0. The van der Waals surface area contributed by atoms with Gasteiger partial charge in [0.05, 0.1) is 28.2 Å². The third kappa shape index (κ3) is 4.76. The van der Waals surface area contributed by atoms with Crippen LogP contribution in [0.25, 0.3) is 38.6 Å². The smallest absolute Gasteiger partial charge is 0.339 e. The summed E-state index contributed by atoms with van der Waals surface area (Å²) < 4.78 is 8.59. The largest absolute Gasteiger partial charge is 0.452 e. The Balaban J connectivity index is 1.27. The number of nitrogens with zero attached hydrogens (tertiary/aromatic N) is 3. The maximum absolute atomic E-state index is 13.3. The lowest BCUT2D eigenvalue weighted by Gasteiger charge is -2.12. The number of hydrogen-bond donors (Lipinski definition) is 1. The highest BCUT2D eigenvalue weighted by Gasteiger charge is 2.21. The molecule has 0 radical (unpaired) electrons. The quantitative estimate of drug-likeness (QED) is 0.275. The number of rotatable bonds is 6. The molecule has 2 heterocycles. The molecule has 0 atom stereocenters. The monoisotopic (exact) mass is 542 g/mol. The lowest BCUT2D eigenvalue weighted by Crippen LogP contribution is -2.26. The highest BCUT2D eigenvalue weighted by atomic mass is 16.5. The molecule has 6 aromatic rings. The molecule has 2 aromatic heterocycles. The van der Waals surface area contributed by atoms with E-state index < -0.39 is 18.5 Å². The third-order valence-electron chi connectivity index (χ3n) is 7.15. The number of aromatic nitrogens is 3. The van der Waals surface area contributed by atoms with E-state index in [1.165, 1.54) is 4.68 Å². The first kappa shape index (κ1) is 25.8. The van der Waals surface area contributed by atoms with Gasteiger partial charge < -0.3 is 10.1 Å². The van der Waals surface area contributed by atoms with Gasteiger partial charge in [0.25, 0.3) is 11.5 Å². The number of carbonyl (C=O) groups excluding carboxylic acids is 2. The minimum Gasteiger partial charge on any atom is -0.452 e. The Morgan fingerprint density at radius 1 is 0.854 bits per heavy atom. The van der Waals surface area contributed by atoms with E-state index in [1.54, 1.807) is 42.9 Å². The Labute approximate surface area is 235 Å². The van der Waals surface area contributed by atoms with E-state index in [1.807, 2.05) is 78.9 Å². The Bertz CT molecular complexity index is 2000. The molecule has 202 valence electrons. The van der Waals surface area contributed by atoms with E-state index >= 15 is 0 Å². The molecule has 8 heteroatoms. The molecule has 0 unspecified atom stereocenters. The van der Waals surface area contributed by atoms with Gasteiger partial charge in [0.15, 0.2) is 6.61 Å². The van der Waals surface area contributed by atoms with Gasteiger partial charge in [-0.25, -0.2) is 14.5 Å². The van der Waals surface area contributed by atoms with Gasteiger partial charge >= 0.3 is 5.97 Å². The first-order chi connectivity index (χ1) is 19.9. The average molecular weight is 543 g/mol. The number of nitrogens with one attached hydrogen (secondary N) is 1. The van der Waals surface area contributed by atoms with Crippen LogP contribution in [0.15, 0.2) is 108 Å². The molecule has 4 aromatic carbocycles. The number of hydrogen-bond acceptors (Lipinski definition) is 5. The molecule has 0 aliphatic rings. The normalized spacial score (nSPS) is 11.1. The summed E-state index contributed by atoms with van der Waals surface area (Å²) >= 11 is 0. The highest BCUT2D eigenvalue weighted by Crippen LogP contribution is 2.30. The Kier molecular flexibility index (Phi) is 6.65. The van der Waals surface area contributed by atoms with Gasteiger partial charge in [-0.2, -0.15) is 0 Å². The van der Waals surface area contributed by atoms with E-state index in [-0.39, 0.29) is 11.2 Å². The van der Waals surface area contributed by atoms with Crippen LogP contribution in [0.4, 0.5) is 5.69 Å². The topological polar surface area (TPSA) is 95.2 Å². The number of para-hydroxylation sites is 2. The van der Waals surface area contributed by atoms with Crippen LogP contribution < -0.4 is 10.9 Å². The molecule has 0 spiro atoms. The van der Waals surface area contributed by atoms with Crippen molar-refractivity contribution in [2.24, 2.45) is 7.05 Å². The van der Waals surface area contributed by atoms with Crippen molar-refractivity contribution in [3.63, 3.8) is 0 Å². The van der Waals surface area contributed by atoms with Crippen LogP contribution in [0.1, 0.15) is 16.1 Å². The maximum Gasteiger partial charge on any atom is 0.339 e. The summed E-state index contributed by atoms with van der Waals surface area (Å²) in [4.78, 5) is 44.1. The predicted molar refractivity (Wildman–Crippen MR) is 159 cm³/mol. The van der Waals surface area contributed by atoms with Gasteiger partial charge in [0.2, 0.25) is 0 Å². The number of benzene rings is 4. The van der Waals surface area contributed by atoms with Gasteiger partial charge in [-0.05, 0) is 42.0 Å². The number of esters is 1. The van der Waals surface area contributed by atoms with Crippen molar-refractivity contribution < 1.29 is 14.3 Å². The van der Waals surface area contributed by atoms with E-state index in [4.69, 9.17) is 9.72 Å². The van der Waals surface area contributed by atoms with Crippen LogP contribution in [-0.4, -0.2) is 32.8 Å². The van der Waals surface area contributed by atoms with E-state index in [9.17, 15) is 14.4 Å². The average Bonchev–Trinajstić information content (AvgIpc) is 3.22. The van der Waals surface area contributed by atoms with Crippen LogP contribution in [0, 0.1) is 6.92 Å². The van der Waals surface area contributed by atoms with Crippen molar-refractivity contribution in [1.29, 1.82) is 0 Å². The standard InChI is InChI=1S/C33H26N4O4/c1-21-31(32(39)37(36(21)2)23-13-4-3-5-14-23)35-30(38)20-41-33(40)27-19-29(34-28-18-9-8-16-26(27)28)25-17-10-12-22-11-6-7-15-24(22)25/h3-19H,20H2,1-2H3,(H,35,38). The predicted octanol–water partition coefficient (Wildman–Crippen LogP) is 5.65. The molecule has 0 bridgehead atoms. The summed E-state index contributed by atoms with van der Waals surface area (Å²) in [5, 5.41) is 5.31. The van der Waals surface area contributed by atoms with Crippen LogP contribution >= 0.6 is 0 Å². The first-order valence-corrected chi connectivity index (χ1v) is 13.1. The number of anilines is 1. The van der Waals surface area contributed by atoms with Gasteiger partial charge in [0.1, 0.15) is 5.69 Å². The second-order valence-corrected chi connectivity index (χ2v) is 9.66. The van der Waals surface area contributed by atoms with Crippen molar-refractivity contribution in [3.05, 3.63) is 125 Å². The molecule has 0 aliphatic carbocycles. The Hall–Kier alpha value is -5.50. The molecule has 0 aliphatic heterocycles. The Morgan fingerprint density at radius 3 is 2.34 bits per heavy atom. The molecule has 0 fully saturated rings. The van der Waals surface area contributed by atoms with Crippen LogP contribution in [0.5, 0.6) is 0 Å². The molecule has 1 N–H and O–H groups in total. The van der Waals surface area contributed by atoms with E-state index in [0.29, 0.717) is 33.5 Å². The number of pyridine rings is 1. The lowest BCUT2D eigenvalue weighted by molar-refractivity contribution is -0.119. The van der Waals surface area contributed by atoms with Crippen molar-refractivity contribution in [1.82, 2.24) is 14.3 Å². The summed E-state index contributed by atoms with van der Waals surface area (Å²) in [5.74, 6) is -1.27. The summed E-state index contributed by atoms with van der Waals surface area (Å²) in [6, 6.07) is 32.1. The molecule has 8 nitrogen and oxygen atoms in total.